The lowest BCUT2D eigenvalue weighted by atomic mass is 10.1. The molecule has 112 valence electrons. The van der Waals surface area contributed by atoms with Gasteiger partial charge in [0.15, 0.2) is 0 Å². The molecule has 2 aromatic rings. The van der Waals surface area contributed by atoms with E-state index in [1.54, 1.807) is 7.11 Å². The van der Waals surface area contributed by atoms with E-state index >= 15 is 0 Å². The first-order valence-electron chi connectivity index (χ1n) is 7.10. The first kappa shape index (κ1) is 14.5. The van der Waals surface area contributed by atoms with E-state index in [0.717, 1.165) is 36.9 Å². The monoisotopic (exact) mass is 306 g/mol. The van der Waals surface area contributed by atoms with Crippen LogP contribution in [0.4, 0.5) is 0 Å². The summed E-state index contributed by atoms with van der Waals surface area (Å²) in [5.41, 5.74) is 1.25. The van der Waals surface area contributed by atoms with Gasteiger partial charge < -0.3 is 9.30 Å². The summed E-state index contributed by atoms with van der Waals surface area (Å²) in [6, 6.07) is 8.51. The first-order valence-corrected chi connectivity index (χ1v) is 7.48. The highest BCUT2D eigenvalue weighted by Crippen LogP contribution is 2.24. The number of methoxy groups -OCH3 is 1. The SMILES string of the molecule is COCCc1nncn1C1CN(Cc2cccc(Cl)c2)C1. The van der Waals surface area contributed by atoms with Crippen LogP contribution in [0.3, 0.4) is 0 Å². The Morgan fingerprint density at radius 3 is 3.00 bits per heavy atom. The predicted molar refractivity (Wildman–Crippen MR) is 81.4 cm³/mol. The Morgan fingerprint density at radius 1 is 1.38 bits per heavy atom. The predicted octanol–water partition coefficient (Wildman–Crippen LogP) is 2.18. The summed E-state index contributed by atoms with van der Waals surface area (Å²) >= 11 is 6.02. The quantitative estimate of drug-likeness (QED) is 0.820. The second kappa shape index (κ2) is 6.56. The summed E-state index contributed by atoms with van der Waals surface area (Å²) in [4.78, 5) is 2.40. The molecular formula is C15H19ClN4O. The molecule has 5 nitrogen and oxygen atoms in total. The van der Waals surface area contributed by atoms with Crippen LogP contribution in [0, 0.1) is 0 Å². The van der Waals surface area contributed by atoms with E-state index in [2.05, 4.69) is 25.7 Å². The maximum absolute atomic E-state index is 6.02. The largest absolute Gasteiger partial charge is 0.384 e. The summed E-state index contributed by atoms with van der Waals surface area (Å²) in [7, 11) is 1.71. The average molecular weight is 307 g/mol. The molecule has 2 heterocycles. The lowest BCUT2D eigenvalue weighted by molar-refractivity contribution is 0.0956. The summed E-state index contributed by atoms with van der Waals surface area (Å²) in [6.07, 6.45) is 2.63. The van der Waals surface area contributed by atoms with E-state index in [9.17, 15) is 0 Å². The van der Waals surface area contributed by atoms with E-state index in [-0.39, 0.29) is 0 Å². The lowest BCUT2D eigenvalue weighted by Gasteiger charge is -2.40. The van der Waals surface area contributed by atoms with Gasteiger partial charge in [-0.3, -0.25) is 4.90 Å². The minimum atomic E-state index is 0.464. The van der Waals surface area contributed by atoms with E-state index in [4.69, 9.17) is 16.3 Å². The van der Waals surface area contributed by atoms with Gasteiger partial charge in [0.1, 0.15) is 12.2 Å². The smallest absolute Gasteiger partial charge is 0.135 e. The van der Waals surface area contributed by atoms with Crippen molar-refractivity contribution in [3.63, 3.8) is 0 Å². The van der Waals surface area contributed by atoms with Crippen LogP contribution >= 0.6 is 11.6 Å². The van der Waals surface area contributed by atoms with E-state index < -0.39 is 0 Å². The molecule has 3 rings (SSSR count). The normalized spacial score (nSPS) is 16.1. The van der Waals surface area contributed by atoms with Gasteiger partial charge in [0, 0.05) is 38.2 Å². The third kappa shape index (κ3) is 3.43. The molecule has 0 unspecified atom stereocenters. The Morgan fingerprint density at radius 2 is 2.24 bits per heavy atom. The van der Waals surface area contributed by atoms with Crippen molar-refractivity contribution in [3.8, 4) is 0 Å². The third-order valence-corrected chi connectivity index (χ3v) is 4.04. The molecule has 1 aromatic heterocycles. The lowest BCUT2D eigenvalue weighted by Crippen LogP contribution is -2.47. The number of rotatable bonds is 6. The van der Waals surface area contributed by atoms with Gasteiger partial charge >= 0.3 is 0 Å². The van der Waals surface area contributed by atoms with E-state index in [1.807, 2.05) is 24.5 Å². The average Bonchev–Trinajstić information content (AvgIpc) is 2.88. The number of likely N-dealkylation sites (tertiary alicyclic amines) is 1. The maximum Gasteiger partial charge on any atom is 0.135 e. The Labute approximate surface area is 129 Å². The molecular weight excluding hydrogens is 288 g/mol. The molecule has 0 spiro atoms. The van der Waals surface area contributed by atoms with Gasteiger partial charge in [0.2, 0.25) is 0 Å². The van der Waals surface area contributed by atoms with Gasteiger partial charge in [0.05, 0.1) is 12.6 Å². The van der Waals surface area contributed by atoms with Crippen LogP contribution < -0.4 is 0 Å². The van der Waals surface area contributed by atoms with Crippen molar-refractivity contribution in [2.45, 2.75) is 19.0 Å². The number of hydrogen-bond acceptors (Lipinski definition) is 4. The van der Waals surface area contributed by atoms with Crippen LogP contribution in [-0.4, -0.2) is 46.5 Å². The molecule has 1 aromatic carbocycles. The molecule has 0 saturated carbocycles. The van der Waals surface area contributed by atoms with E-state index in [0.29, 0.717) is 12.6 Å². The fourth-order valence-electron chi connectivity index (χ4n) is 2.69. The van der Waals surface area contributed by atoms with Crippen LogP contribution in [0.25, 0.3) is 0 Å². The number of halogens is 1. The molecule has 1 aliphatic heterocycles. The molecule has 0 atom stereocenters. The van der Waals surface area contributed by atoms with Crippen LogP contribution in [0.5, 0.6) is 0 Å². The van der Waals surface area contributed by atoms with Crippen molar-refractivity contribution in [1.82, 2.24) is 19.7 Å². The van der Waals surface area contributed by atoms with Crippen molar-refractivity contribution in [2.24, 2.45) is 0 Å². The number of ether oxygens (including phenoxy) is 1. The summed E-state index contributed by atoms with van der Waals surface area (Å²) in [6.45, 7) is 3.65. The summed E-state index contributed by atoms with van der Waals surface area (Å²) in [5, 5.41) is 8.99. The zero-order valence-electron chi connectivity index (χ0n) is 12.1. The van der Waals surface area contributed by atoms with Gasteiger partial charge in [-0.25, -0.2) is 0 Å². The molecule has 6 heteroatoms. The molecule has 0 N–H and O–H groups in total. The van der Waals surface area contributed by atoms with Gasteiger partial charge in [-0.2, -0.15) is 0 Å². The van der Waals surface area contributed by atoms with E-state index in [1.165, 1.54) is 5.56 Å². The second-order valence-corrected chi connectivity index (χ2v) is 5.81. The molecule has 1 aliphatic rings. The fourth-order valence-corrected chi connectivity index (χ4v) is 2.90. The summed E-state index contributed by atoms with van der Waals surface area (Å²) < 4.78 is 7.28. The number of nitrogens with zero attached hydrogens (tertiary/aromatic N) is 4. The number of hydrogen-bond donors (Lipinski definition) is 0. The topological polar surface area (TPSA) is 43.2 Å². The molecule has 0 radical (unpaired) electrons. The Kier molecular flexibility index (Phi) is 4.53. The van der Waals surface area contributed by atoms with Crippen molar-refractivity contribution in [3.05, 3.63) is 47.0 Å². The Balaban J connectivity index is 1.55. The van der Waals surface area contributed by atoms with Crippen LogP contribution in [-0.2, 0) is 17.7 Å². The van der Waals surface area contributed by atoms with Gasteiger partial charge in [-0.1, -0.05) is 23.7 Å². The molecule has 21 heavy (non-hydrogen) atoms. The molecule has 0 aliphatic carbocycles. The first-order chi connectivity index (χ1) is 10.3. The highest BCUT2D eigenvalue weighted by molar-refractivity contribution is 6.30. The second-order valence-electron chi connectivity index (χ2n) is 5.38. The zero-order chi connectivity index (χ0) is 14.7. The summed E-state index contributed by atoms with van der Waals surface area (Å²) in [5.74, 6) is 1.00. The highest BCUT2D eigenvalue weighted by atomic mass is 35.5. The fraction of sp³-hybridized carbons (Fsp3) is 0.467. The molecule has 0 amide bonds. The van der Waals surface area contributed by atoms with Crippen LogP contribution in [0.2, 0.25) is 5.02 Å². The number of benzene rings is 1. The van der Waals surface area contributed by atoms with Crippen molar-refractivity contribution in [2.75, 3.05) is 26.8 Å². The third-order valence-electron chi connectivity index (χ3n) is 3.80. The van der Waals surface area contributed by atoms with Crippen molar-refractivity contribution < 1.29 is 4.74 Å². The van der Waals surface area contributed by atoms with Crippen molar-refractivity contribution >= 4 is 11.6 Å². The van der Waals surface area contributed by atoms with Gasteiger partial charge in [-0.15, -0.1) is 10.2 Å². The van der Waals surface area contributed by atoms with Gasteiger partial charge in [0.25, 0.3) is 0 Å². The Hall–Kier alpha value is -1.43. The minimum absolute atomic E-state index is 0.464. The van der Waals surface area contributed by atoms with Gasteiger partial charge in [-0.05, 0) is 17.7 Å². The van der Waals surface area contributed by atoms with Crippen LogP contribution in [0.15, 0.2) is 30.6 Å². The maximum atomic E-state index is 6.02. The highest BCUT2D eigenvalue weighted by Gasteiger charge is 2.29. The zero-order valence-corrected chi connectivity index (χ0v) is 12.8. The molecule has 0 bridgehead atoms. The Bertz CT molecular complexity index is 595. The standard InChI is InChI=1S/C15H19ClN4O/c1-21-6-5-15-18-17-11-20(15)14-9-19(10-14)8-12-3-2-4-13(16)7-12/h2-4,7,11,14H,5-6,8-10H2,1H3. The van der Waals surface area contributed by atoms with Crippen molar-refractivity contribution in [1.29, 1.82) is 0 Å². The van der Waals surface area contributed by atoms with Crippen LogP contribution in [0.1, 0.15) is 17.4 Å². The minimum Gasteiger partial charge on any atom is -0.384 e. The molecule has 1 fully saturated rings. The molecule has 1 saturated heterocycles. The number of aromatic nitrogens is 3.